The van der Waals surface area contributed by atoms with Gasteiger partial charge in [-0.3, -0.25) is 4.79 Å². The summed E-state index contributed by atoms with van der Waals surface area (Å²) in [5.74, 6) is 0.925. The van der Waals surface area contributed by atoms with Gasteiger partial charge in [-0.15, -0.1) is 18.3 Å². The highest BCUT2D eigenvalue weighted by atomic mass is 32.2. The quantitative estimate of drug-likeness (QED) is 0.623. The third-order valence-electron chi connectivity index (χ3n) is 3.77. The summed E-state index contributed by atoms with van der Waals surface area (Å²) in [6.45, 7) is 6.73. The second-order valence-electron chi connectivity index (χ2n) is 5.02. The number of hydrogen-bond acceptors (Lipinski definition) is 3. The number of anilines is 1. The average Bonchev–Trinajstić information content (AvgIpc) is 2.96. The van der Waals surface area contributed by atoms with Gasteiger partial charge in [0.1, 0.15) is 0 Å². The van der Waals surface area contributed by atoms with Crippen LogP contribution in [-0.4, -0.2) is 23.7 Å². The molecule has 4 heteroatoms. The zero-order valence-electron chi connectivity index (χ0n) is 11.9. The molecule has 1 heterocycles. The summed E-state index contributed by atoms with van der Waals surface area (Å²) in [5.41, 5.74) is 0.502. The molecule has 2 N–H and O–H groups in total. The molecule has 1 fully saturated rings. The summed E-state index contributed by atoms with van der Waals surface area (Å²) >= 11 is 1.68. The smallest absolute Gasteiger partial charge is 0.244 e. The number of benzene rings is 1. The SMILES string of the molecule is C=CCSc1ccccc1NC(=O)C1(CC)CCCN1. The minimum atomic E-state index is -0.393. The normalized spacial score (nSPS) is 21.6. The van der Waals surface area contributed by atoms with Gasteiger partial charge < -0.3 is 10.6 Å². The summed E-state index contributed by atoms with van der Waals surface area (Å²) in [4.78, 5) is 13.7. The monoisotopic (exact) mass is 290 g/mol. The second kappa shape index (κ2) is 6.95. The van der Waals surface area contributed by atoms with E-state index in [0.717, 1.165) is 42.1 Å². The lowest BCUT2D eigenvalue weighted by Crippen LogP contribution is -2.50. The summed E-state index contributed by atoms with van der Waals surface area (Å²) in [6.07, 6.45) is 4.67. The van der Waals surface area contributed by atoms with E-state index in [4.69, 9.17) is 0 Å². The maximum Gasteiger partial charge on any atom is 0.244 e. The molecule has 1 aliphatic rings. The van der Waals surface area contributed by atoms with Gasteiger partial charge in [0, 0.05) is 10.6 Å². The van der Waals surface area contributed by atoms with E-state index in [1.165, 1.54) is 0 Å². The number of nitrogens with one attached hydrogen (secondary N) is 2. The van der Waals surface area contributed by atoms with E-state index < -0.39 is 5.54 Å². The molecule has 0 spiro atoms. The van der Waals surface area contributed by atoms with Crippen LogP contribution in [0.25, 0.3) is 0 Å². The number of carbonyl (C=O) groups excluding carboxylic acids is 1. The average molecular weight is 290 g/mol. The fraction of sp³-hybridized carbons (Fsp3) is 0.438. The zero-order chi connectivity index (χ0) is 14.4. The summed E-state index contributed by atoms with van der Waals surface area (Å²) < 4.78 is 0. The first kappa shape index (κ1) is 15.1. The van der Waals surface area contributed by atoms with Gasteiger partial charge in [0.2, 0.25) is 5.91 Å². The van der Waals surface area contributed by atoms with Crippen molar-refractivity contribution < 1.29 is 4.79 Å². The Balaban J connectivity index is 2.12. The molecule has 1 amide bonds. The Hall–Kier alpha value is -1.26. The molecular formula is C16H22N2OS. The van der Waals surface area contributed by atoms with Crippen molar-refractivity contribution in [2.45, 2.75) is 36.6 Å². The van der Waals surface area contributed by atoms with E-state index in [1.807, 2.05) is 30.3 Å². The van der Waals surface area contributed by atoms with Gasteiger partial charge in [0.25, 0.3) is 0 Å². The molecule has 0 radical (unpaired) electrons. The first-order valence-electron chi connectivity index (χ1n) is 7.11. The Kier molecular flexibility index (Phi) is 5.26. The van der Waals surface area contributed by atoms with Crippen molar-refractivity contribution >= 4 is 23.4 Å². The predicted molar refractivity (Wildman–Crippen MR) is 86.3 cm³/mol. The lowest BCUT2D eigenvalue weighted by atomic mass is 9.93. The number of thioether (sulfide) groups is 1. The molecule has 1 unspecified atom stereocenters. The van der Waals surface area contributed by atoms with Crippen molar-refractivity contribution in [3.05, 3.63) is 36.9 Å². The molecule has 0 aliphatic carbocycles. The molecule has 1 aromatic rings. The molecular weight excluding hydrogens is 268 g/mol. The van der Waals surface area contributed by atoms with Crippen molar-refractivity contribution in [2.75, 3.05) is 17.6 Å². The van der Waals surface area contributed by atoms with Crippen LogP contribution in [0.4, 0.5) is 5.69 Å². The molecule has 2 rings (SSSR count). The zero-order valence-corrected chi connectivity index (χ0v) is 12.8. The lowest BCUT2D eigenvalue weighted by Gasteiger charge is -2.27. The van der Waals surface area contributed by atoms with Gasteiger partial charge in [-0.05, 0) is 37.9 Å². The Bertz CT molecular complexity index is 481. The standard InChI is InChI=1S/C16H22N2OS/c1-3-12-20-14-9-6-5-8-13(14)18-15(19)16(4-2)10-7-11-17-16/h3,5-6,8-9,17H,1,4,7,10-12H2,2H3,(H,18,19). The van der Waals surface area contributed by atoms with Crippen molar-refractivity contribution in [3.63, 3.8) is 0 Å². The highest BCUT2D eigenvalue weighted by Crippen LogP contribution is 2.30. The van der Waals surface area contributed by atoms with E-state index >= 15 is 0 Å². The summed E-state index contributed by atoms with van der Waals surface area (Å²) in [5, 5.41) is 6.46. The molecule has 20 heavy (non-hydrogen) atoms. The number of carbonyl (C=O) groups is 1. The molecule has 0 saturated carbocycles. The minimum absolute atomic E-state index is 0.0872. The van der Waals surface area contributed by atoms with Crippen molar-refractivity contribution in [1.82, 2.24) is 5.32 Å². The van der Waals surface area contributed by atoms with Gasteiger partial charge in [0.15, 0.2) is 0 Å². The van der Waals surface area contributed by atoms with E-state index in [1.54, 1.807) is 11.8 Å². The van der Waals surface area contributed by atoms with Crippen LogP contribution >= 0.6 is 11.8 Å². The van der Waals surface area contributed by atoms with Crippen molar-refractivity contribution in [3.8, 4) is 0 Å². The predicted octanol–water partition coefficient (Wildman–Crippen LogP) is 3.44. The molecule has 3 nitrogen and oxygen atoms in total. The van der Waals surface area contributed by atoms with Gasteiger partial charge >= 0.3 is 0 Å². The third-order valence-corrected chi connectivity index (χ3v) is 4.84. The third kappa shape index (κ3) is 3.25. The van der Waals surface area contributed by atoms with Crippen molar-refractivity contribution in [1.29, 1.82) is 0 Å². The Morgan fingerprint density at radius 3 is 3.00 bits per heavy atom. The molecule has 1 saturated heterocycles. The van der Waals surface area contributed by atoms with E-state index in [9.17, 15) is 4.79 Å². The van der Waals surface area contributed by atoms with Gasteiger partial charge in [0.05, 0.1) is 11.2 Å². The molecule has 0 aromatic heterocycles. The molecule has 1 aromatic carbocycles. The van der Waals surface area contributed by atoms with Crippen LogP contribution in [0.1, 0.15) is 26.2 Å². The van der Waals surface area contributed by atoms with E-state index in [2.05, 4.69) is 24.1 Å². The van der Waals surface area contributed by atoms with Crippen LogP contribution in [0.2, 0.25) is 0 Å². The van der Waals surface area contributed by atoms with Crippen LogP contribution in [0.15, 0.2) is 41.8 Å². The Morgan fingerprint density at radius 1 is 1.55 bits per heavy atom. The number of para-hydroxylation sites is 1. The Labute approximate surface area is 125 Å². The number of amides is 1. The van der Waals surface area contributed by atoms with Gasteiger partial charge in [-0.25, -0.2) is 0 Å². The van der Waals surface area contributed by atoms with E-state index in [0.29, 0.717) is 0 Å². The molecule has 0 bridgehead atoms. The second-order valence-corrected chi connectivity index (χ2v) is 6.08. The van der Waals surface area contributed by atoms with Crippen molar-refractivity contribution in [2.24, 2.45) is 0 Å². The van der Waals surface area contributed by atoms with E-state index in [-0.39, 0.29) is 5.91 Å². The first-order chi connectivity index (χ1) is 9.72. The fourth-order valence-corrected chi connectivity index (χ4v) is 3.30. The van der Waals surface area contributed by atoms with Crippen LogP contribution in [0.5, 0.6) is 0 Å². The maximum absolute atomic E-state index is 12.6. The fourth-order valence-electron chi connectivity index (χ4n) is 2.55. The van der Waals surface area contributed by atoms with Crippen LogP contribution < -0.4 is 10.6 Å². The molecule has 108 valence electrons. The number of hydrogen-bond donors (Lipinski definition) is 2. The largest absolute Gasteiger partial charge is 0.323 e. The van der Waals surface area contributed by atoms with Crippen LogP contribution in [0, 0.1) is 0 Å². The summed E-state index contributed by atoms with van der Waals surface area (Å²) in [6, 6.07) is 7.94. The molecule has 1 aliphatic heterocycles. The number of rotatable bonds is 6. The topological polar surface area (TPSA) is 41.1 Å². The molecule has 1 atom stereocenters. The minimum Gasteiger partial charge on any atom is -0.323 e. The maximum atomic E-state index is 12.6. The first-order valence-corrected chi connectivity index (χ1v) is 8.09. The highest BCUT2D eigenvalue weighted by Gasteiger charge is 2.39. The van der Waals surface area contributed by atoms with Crippen LogP contribution in [-0.2, 0) is 4.79 Å². The Morgan fingerprint density at radius 2 is 2.35 bits per heavy atom. The van der Waals surface area contributed by atoms with Gasteiger partial charge in [-0.2, -0.15) is 0 Å². The lowest BCUT2D eigenvalue weighted by molar-refractivity contribution is -0.122. The van der Waals surface area contributed by atoms with Crippen LogP contribution in [0.3, 0.4) is 0 Å². The summed E-state index contributed by atoms with van der Waals surface area (Å²) in [7, 11) is 0. The van der Waals surface area contributed by atoms with Gasteiger partial charge in [-0.1, -0.05) is 25.1 Å². The highest BCUT2D eigenvalue weighted by molar-refractivity contribution is 7.99.